The highest BCUT2D eigenvalue weighted by atomic mass is 35.5. The molecule has 1 rings (SSSR count). The summed E-state index contributed by atoms with van der Waals surface area (Å²) in [5, 5.41) is 12.2. The lowest BCUT2D eigenvalue weighted by Gasteiger charge is -2.09. The van der Waals surface area contributed by atoms with Crippen LogP contribution < -0.4 is 5.32 Å². The van der Waals surface area contributed by atoms with Crippen LogP contribution in [0.3, 0.4) is 0 Å². The molecule has 0 spiro atoms. The maximum absolute atomic E-state index is 11.8. The molecular formula is C11H13Cl2NO2S. The van der Waals surface area contributed by atoms with Crippen LogP contribution in [0.15, 0.2) is 17.0 Å². The van der Waals surface area contributed by atoms with Crippen LogP contribution in [0.5, 0.6) is 0 Å². The van der Waals surface area contributed by atoms with Crippen molar-refractivity contribution in [1.29, 1.82) is 0 Å². The number of thioether (sulfide) groups is 1. The van der Waals surface area contributed by atoms with E-state index in [1.807, 2.05) is 6.26 Å². The summed E-state index contributed by atoms with van der Waals surface area (Å²) >= 11 is 13.4. The van der Waals surface area contributed by atoms with E-state index in [1.54, 1.807) is 12.1 Å². The molecule has 6 heteroatoms. The first kappa shape index (κ1) is 14.6. The number of amides is 1. The average Bonchev–Trinajstić information content (AvgIpc) is 2.29. The normalized spacial score (nSPS) is 10.4. The van der Waals surface area contributed by atoms with E-state index < -0.39 is 0 Å². The first-order chi connectivity index (χ1) is 8.10. The first-order valence-electron chi connectivity index (χ1n) is 5.02. The van der Waals surface area contributed by atoms with Gasteiger partial charge in [-0.05, 0) is 24.8 Å². The number of nitrogens with one attached hydrogen (secondary N) is 1. The van der Waals surface area contributed by atoms with Crippen LogP contribution in [0.2, 0.25) is 10.0 Å². The van der Waals surface area contributed by atoms with Gasteiger partial charge in [0.25, 0.3) is 5.91 Å². The van der Waals surface area contributed by atoms with Crippen LogP contribution in [-0.2, 0) is 0 Å². The minimum absolute atomic E-state index is 0.0463. The fraction of sp³-hybridized carbons (Fsp3) is 0.364. The second-order valence-electron chi connectivity index (χ2n) is 3.30. The Labute approximate surface area is 114 Å². The van der Waals surface area contributed by atoms with Gasteiger partial charge in [-0.1, -0.05) is 23.2 Å². The Kier molecular flexibility index (Phi) is 6.12. The van der Waals surface area contributed by atoms with Crippen molar-refractivity contribution in [3.63, 3.8) is 0 Å². The second kappa shape index (κ2) is 7.11. The Balaban J connectivity index is 2.85. The van der Waals surface area contributed by atoms with Gasteiger partial charge >= 0.3 is 0 Å². The molecule has 0 atom stereocenters. The van der Waals surface area contributed by atoms with Crippen LogP contribution in [0.1, 0.15) is 16.8 Å². The van der Waals surface area contributed by atoms with E-state index >= 15 is 0 Å². The third kappa shape index (κ3) is 4.07. The molecule has 1 aromatic carbocycles. The summed E-state index contributed by atoms with van der Waals surface area (Å²) in [6.07, 6.45) is 2.40. The van der Waals surface area contributed by atoms with Crippen molar-refractivity contribution in [2.45, 2.75) is 11.3 Å². The molecule has 0 fully saturated rings. The van der Waals surface area contributed by atoms with Gasteiger partial charge in [-0.2, -0.15) is 0 Å². The summed E-state index contributed by atoms with van der Waals surface area (Å²) in [6.45, 7) is 0.466. The molecule has 0 aromatic heterocycles. The minimum atomic E-state index is -0.254. The van der Waals surface area contributed by atoms with Gasteiger partial charge in [0, 0.05) is 18.0 Å². The van der Waals surface area contributed by atoms with Crippen LogP contribution in [0.25, 0.3) is 0 Å². The SMILES string of the molecule is CSc1cc(C(=O)NCCCO)c(Cl)cc1Cl. The molecule has 0 heterocycles. The van der Waals surface area contributed by atoms with Crippen LogP contribution in [-0.4, -0.2) is 30.4 Å². The summed E-state index contributed by atoms with van der Waals surface area (Å²) in [5.74, 6) is -0.254. The lowest BCUT2D eigenvalue weighted by molar-refractivity contribution is 0.0951. The summed E-state index contributed by atoms with van der Waals surface area (Å²) < 4.78 is 0. The summed E-state index contributed by atoms with van der Waals surface area (Å²) in [5.41, 5.74) is 0.401. The zero-order valence-corrected chi connectivity index (χ0v) is 11.6. The van der Waals surface area contributed by atoms with Crippen LogP contribution in [0.4, 0.5) is 0 Å². The molecule has 0 bridgehead atoms. The molecule has 3 nitrogen and oxygen atoms in total. The second-order valence-corrected chi connectivity index (χ2v) is 4.96. The van der Waals surface area contributed by atoms with Gasteiger partial charge in [0.2, 0.25) is 0 Å². The third-order valence-corrected chi connectivity index (χ3v) is 3.62. The Hall–Kier alpha value is -0.420. The van der Waals surface area contributed by atoms with E-state index in [0.29, 0.717) is 28.6 Å². The number of hydrogen-bond acceptors (Lipinski definition) is 3. The van der Waals surface area contributed by atoms with E-state index in [-0.39, 0.29) is 12.5 Å². The van der Waals surface area contributed by atoms with Crippen LogP contribution in [0, 0.1) is 0 Å². The van der Waals surface area contributed by atoms with Crippen molar-refractivity contribution in [1.82, 2.24) is 5.32 Å². The van der Waals surface area contributed by atoms with Gasteiger partial charge in [0.1, 0.15) is 0 Å². The monoisotopic (exact) mass is 293 g/mol. The van der Waals surface area contributed by atoms with E-state index in [1.165, 1.54) is 11.8 Å². The zero-order chi connectivity index (χ0) is 12.8. The molecular weight excluding hydrogens is 281 g/mol. The lowest BCUT2D eigenvalue weighted by atomic mass is 10.2. The quantitative estimate of drug-likeness (QED) is 0.648. The number of hydrogen-bond donors (Lipinski definition) is 2. The zero-order valence-electron chi connectivity index (χ0n) is 9.30. The number of benzene rings is 1. The fourth-order valence-electron chi connectivity index (χ4n) is 1.24. The van der Waals surface area contributed by atoms with Crippen molar-refractivity contribution in [2.24, 2.45) is 0 Å². The van der Waals surface area contributed by atoms with Crippen molar-refractivity contribution < 1.29 is 9.90 Å². The third-order valence-electron chi connectivity index (χ3n) is 2.11. The molecule has 0 aliphatic rings. The van der Waals surface area contributed by atoms with Crippen molar-refractivity contribution in [3.05, 3.63) is 27.7 Å². The van der Waals surface area contributed by atoms with E-state index in [0.717, 1.165) is 4.90 Å². The number of aliphatic hydroxyl groups excluding tert-OH is 1. The highest BCUT2D eigenvalue weighted by molar-refractivity contribution is 7.98. The smallest absolute Gasteiger partial charge is 0.252 e. The maximum atomic E-state index is 11.8. The molecule has 0 saturated heterocycles. The van der Waals surface area contributed by atoms with E-state index in [9.17, 15) is 4.79 Å². The van der Waals surface area contributed by atoms with Crippen molar-refractivity contribution in [2.75, 3.05) is 19.4 Å². The van der Waals surface area contributed by atoms with Gasteiger partial charge in [0.05, 0.1) is 15.6 Å². The van der Waals surface area contributed by atoms with Gasteiger partial charge in [-0.25, -0.2) is 0 Å². The van der Waals surface area contributed by atoms with Crippen molar-refractivity contribution in [3.8, 4) is 0 Å². The molecule has 0 unspecified atom stereocenters. The predicted octanol–water partition coefficient (Wildman–Crippen LogP) is 2.83. The molecule has 0 aliphatic carbocycles. The fourth-order valence-corrected chi connectivity index (χ4v) is 2.43. The largest absolute Gasteiger partial charge is 0.396 e. The Morgan fingerprint density at radius 3 is 2.71 bits per heavy atom. The number of carbonyl (C=O) groups is 1. The first-order valence-corrected chi connectivity index (χ1v) is 7.00. The predicted molar refractivity (Wildman–Crippen MR) is 72.3 cm³/mol. The van der Waals surface area contributed by atoms with Gasteiger partial charge < -0.3 is 10.4 Å². The van der Waals surface area contributed by atoms with Gasteiger partial charge in [0.15, 0.2) is 0 Å². The standard InChI is InChI=1S/C11H13Cl2NO2S/c1-17-10-5-7(8(12)6-9(10)13)11(16)14-3-2-4-15/h5-6,15H,2-4H2,1H3,(H,14,16). The Bertz CT molecular complexity index is 413. The van der Waals surface area contributed by atoms with E-state index in [2.05, 4.69) is 5.32 Å². The molecule has 94 valence electrons. The van der Waals surface area contributed by atoms with E-state index in [4.69, 9.17) is 28.3 Å². The lowest BCUT2D eigenvalue weighted by Crippen LogP contribution is -2.25. The maximum Gasteiger partial charge on any atom is 0.252 e. The molecule has 17 heavy (non-hydrogen) atoms. The summed E-state index contributed by atoms with van der Waals surface area (Å²) in [7, 11) is 0. The average molecular weight is 294 g/mol. The summed E-state index contributed by atoms with van der Waals surface area (Å²) in [4.78, 5) is 12.6. The highest BCUT2D eigenvalue weighted by Crippen LogP contribution is 2.31. The van der Waals surface area contributed by atoms with Crippen molar-refractivity contribution >= 4 is 40.9 Å². The van der Waals surface area contributed by atoms with Gasteiger partial charge in [-0.15, -0.1) is 11.8 Å². The Morgan fingerprint density at radius 1 is 1.41 bits per heavy atom. The number of carbonyl (C=O) groups excluding carboxylic acids is 1. The molecule has 0 radical (unpaired) electrons. The molecule has 1 amide bonds. The topological polar surface area (TPSA) is 49.3 Å². The minimum Gasteiger partial charge on any atom is -0.396 e. The number of halogens is 2. The molecule has 0 aliphatic heterocycles. The van der Waals surface area contributed by atoms with Gasteiger partial charge in [-0.3, -0.25) is 4.79 Å². The van der Waals surface area contributed by atoms with Crippen LogP contribution >= 0.6 is 35.0 Å². The summed E-state index contributed by atoms with van der Waals surface area (Å²) in [6, 6.07) is 3.24. The highest BCUT2D eigenvalue weighted by Gasteiger charge is 2.13. The molecule has 0 saturated carbocycles. The molecule has 2 N–H and O–H groups in total. The number of rotatable bonds is 5. The Morgan fingerprint density at radius 2 is 2.12 bits per heavy atom. The number of aliphatic hydroxyl groups is 1. The molecule has 1 aromatic rings.